The van der Waals surface area contributed by atoms with Crippen molar-refractivity contribution in [2.45, 2.75) is 18.9 Å². The lowest BCUT2D eigenvalue weighted by Gasteiger charge is -2.37. The summed E-state index contributed by atoms with van der Waals surface area (Å²) in [7, 11) is 0. The van der Waals surface area contributed by atoms with Crippen molar-refractivity contribution in [2.75, 3.05) is 6.61 Å². The summed E-state index contributed by atoms with van der Waals surface area (Å²) in [6.07, 6.45) is 3.21. The van der Waals surface area contributed by atoms with Crippen LogP contribution < -0.4 is 0 Å². The van der Waals surface area contributed by atoms with Crippen LogP contribution in [0.4, 0.5) is 0 Å². The van der Waals surface area contributed by atoms with Gasteiger partial charge in [0, 0.05) is 6.61 Å². The fourth-order valence-electron chi connectivity index (χ4n) is 1.45. The van der Waals surface area contributed by atoms with Gasteiger partial charge in [-0.05, 0) is 24.7 Å². The number of rotatable bonds is 3. The molecule has 0 spiro atoms. The molecule has 3 atom stereocenters. The maximum Gasteiger partial charge on any atom is 0.0749 e. The number of aliphatic hydroxyl groups excluding tert-OH is 2. The van der Waals surface area contributed by atoms with Crippen molar-refractivity contribution in [1.29, 1.82) is 0 Å². The predicted molar refractivity (Wildman–Crippen MR) is 39.5 cm³/mol. The van der Waals surface area contributed by atoms with Gasteiger partial charge in [-0.2, -0.15) is 0 Å². The third-order valence-corrected chi connectivity index (χ3v) is 2.39. The molecule has 2 heteroatoms. The molecular weight excluding hydrogens is 128 g/mol. The first-order valence-electron chi connectivity index (χ1n) is 3.71. The molecule has 1 rings (SSSR count). The van der Waals surface area contributed by atoms with Crippen LogP contribution in [-0.4, -0.2) is 22.9 Å². The second kappa shape index (κ2) is 3.17. The molecule has 10 heavy (non-hydrogen) atoms. The summed E-state index contributed by atoms with van der Waals surface area (Å²) in [6.45, 7) is 3.70. The fraction of sp³-hybridized carbons (Fsp3) is 0.750. The van der Waals surface area contributed by atoms with E-state index in [9.17, 15) is 5.11 Å². The molecule has 0 radical (unpaired) electrons. The summed E-state index contributed by atoms with van der Waals surface area (Å²) < 4.78 is 0. The largest absolute Gasteiger partial charge is 0.396 e. The molecule has 1 fully saturated rings. The number of hydrogen-bond acceptors (Lipinski definition) is 2. The lowest BCUT2D eigenvalue weighted by molar-refractivity contribution is 0.0114. The van der Waals surface area contributed by atoms with Gasteiger partial charge in [-0.15, -0.1) is 6.58 Å². The Labute approximate surface area is 61.2 Å². The Balaban J connectivity index is 2.34. The molecule has 0 aromatic rings. The molecule has 0 amide bonds. The van der Waals surface area contributed by atoms with Gasteiger partial charge in [-0.25, -0.2) is 0 Å². The standard InChI is InChI=1S/C8H14O2/c1-2-8(10)7-4-3-6(7)5-9/h2,6-10H,1,3-5H2/t6-,7+,8-/m0/s1. The van der Waals surface area contributed by atoms with Crippen LogP contribution >= 0.6 is 0 Å². The summed E-state index contributed by atoms with van der Waals surface area (Å²) in [5, 5.41) is 18.0. The zero-order chi connectivity index (χ0) is 7.56. The van der Waals surface area contributed by atoms with Crippen LogP contribution in [0.5, 0.6) is 0 Å². The average molecular weight is 142 g/mol. The van der Waals surface area contributed by atoms with Crippen LogP contribution in [0.3, 0.4) is 0 Å². The summed E-state index contributed by atoms with van der Waals surface area (Å²) in [5.41, 5.74) is 0. The molecule has 2 nitrogen and oxygen atoms in total. The highest BCUT2D eigenvalue weighted by Crippen LogP contribution is 2.36. The van der Waals surface area contributed by atoms with Gasteiger partial charge in [-0.3, -0.25) is 0 Å². The highest BCUT2D eigenvalue weighted by molar-refractivity contribution is 4.93. The fourth-order valence-corrected chi connectivity index (χ4v) is 1.45. The molecule has 1 saturated carbocycles. The van der Waals surface area contributed by atoms with Crippen molar-refractivity contribution in [2.24, 2.45) is 11.8 Å². The molecule has 2 N–H and O–H groups in total. The van der Waals surface area contributed by atoms with Crippen molar-refractivity contribution in [3.63, 3.8) is 0 Å². The first-order valence-corrected chi connectivity index (χ1v) is 3.71. The maximum atomic E-state index is 9.25. The van der Waals surface area contributed by atoms with E-state index in [-0.39, 0.29) is 12.5 Å². The van der Waals surface area contributed by atoms with Crippen LogP contribution in [0.2, 0.25) is 0 Å². The van der Waals surface area contributed by atoms with Gasteiger partial charge in [0.25, 0.3) is 0 Å². The third-order valence-electron chi connectivity index (χ3n) is 2.39. The summed E-state index contributed by atoms with van der Waals surface area (Å²) in [4.78, 5) is 0. The van der Waals surface area contributed by atoms with Crippen LogP contribution in [0.15, 0.2) is 12.7 Å². The van der Waals surface area contributed by atoms with Crippen LogP contribution in [-0.2, 0) is 0 Å². The maximum absolute atomic E-state index is 9.25. The van der Waals surface area contributed by atoms with Gasteiger partial charge in [0.1, 0.15) is 0 Å². The normalized spacial score (nSPS) is 34.6. The topological polar surface area (TPSA) is 40.5 Å². The predicted octanol–water partition coefficient (Wildman–Crippen LogP) is 0.552. The van der Waals surface area contributed by atoms with E-state index in [1.807, 2.05) is 0 Å². The lowest BCUT2D eigenvalue weighted by Crippen LogP contribution is -2.36. The highest BCUT2D eigenvalue weighted by atomic mass is 16.3. The minimum Gasteiger partial charge on any atom is -0.396 e. The molecule has 1 aliphatic rings. The van der Waals surface area contributed by atoms with Gasteiger partial charge in [0.05, 0.1) is 6.10 Å². The zero-order valence-electron chi connectivity index (χ0n) is 6.03. The molecule has 0 heterocycles. The van der Waals surface area contributed by atoms with Crippen LogP contribution in [0.1, 0.15) is 12.8 Å². The molecule has 0 aromatic heterocycles. The van der Waals surface area contributed by atoms with Crippen molar-refractivity contribution in [3.05, 3.63) is 12.7 Å². The Bertz CT molecular complexity index is 120. The van der Waals surface area contributed by atoms with Crippen molar-refractivity contribution in [1.82, 2.24) is 0 Å². The molecule has 0 bridgehead atoms. The quantitative estimate of drug-likeness (QED) is 0.565. The SMILES string of the molecule is C=C[C@H](O)[C@@H]1CC[C@H]1CO. The van der Waals surface area contributed by atoms with E-state index >= 15 is 0 Å². The van der Waals surface area contributed by atoms with E-state index in [2.05, 4.69) is 6.58 Å². The Hall–Kier alpha value is -0.340. The minimum absolute atomic E-state index is 0.204. The first-order chi connectivity index (χ1) is 4.79. The summed E-state index contributed by atoms with van der Waals surface area (Å²) >= 11 is 0. The Morgan fingerprint density at radius 2 is 2.30 bits per heavy atom. The molecule has 1 aliphatic carbocycles. The van der Waals surface area contributed by atoms with Gasteiger partial charge in [-0.1, -0.05) is 6.08 Å². The highest BCUT2D eigenvalue weighted by Gasteiger charge is 2.33. The summed E-state index contributed by atoms with van der Waals surface area (Å²) in [6, 6.07) is 0. The van der Waals surface area contributed by atoms with E-state index in [1.54, 1.807) is 6.08 Å². The van der Waals surface area contributed by atoms with Crippen LogP contribution in [0, 0.1) is 11.8 Å². The van der Waals surface area contributed by atoms with Crippen molar-refractivity contribution in [3.8, 4) is 0 Å². The average Bonchev–Trinajstić information content (AvgIpc) is 1.86. The lowest BCUT2D eigenvalue weighted by atomic mass is 9.71. The third kappa shape index (κ3) is 1.22. The van der Waals surface area contributed by atoms with Crippen LogP contribution in [0.25, 0.3) is 0 Å². The minimum atomic E-state index is -0.411. The van der Waals surface area contributed by atoms with Crippen molar-refractivity contribution < 1.29 is 10.2 Å². The first kappa shape index (κ1) is 7.76. The monoisotopic (exact) mass is 142 g/mol. The molecule has 0 aliphatic heterocycles. The Morgan fingerprint density at radius 1 is 1.60 bits per heavy atom. The van der Waals surface area contributed by atoms with Gasteiger partial charge >= 0.3 is 0 Å². The smallest absolute Gasteiger partial charge is 0.0749 e. The van der Waals surface area contributed by atoms with E-state index in [0.29, 0.717) is 5.92 Å². The Morgan fingerprint density at radius 3 is 2.60 bits per heavy atom. The van der Waals surface area contributed by atoms with Gasteiger partial charge < -0.3 is 10.2 Å². The van der Waals surface area contributed by atoms with E-state index in [0.717, 1.165) is 12.8 Å². The zero-order valence-corrected chi connectivity index (χ0v) is 6.03. The van der Waals surface area contributed by atoms with Crippen molar-refractivity contribution >= 4 is 0 Å². The van der Waals surface area contributed by atoms with E-state index < -0.39 is 6.10 Å². The molecule has 0 aromatic carbocycles. The van der Waals surface area contributed by atoms with Gasteiger partial charge in [0.2, 0.25) is 0 Å². The number of aliphatic hydroxyl groups is 2. The second-order valence-electron chi connectivity index (χ2n) is 2.91. The van der Waals surface area contributed by atoms with E-state index in [1.165, 1.54) is 0 Å². The Kier molecular flexibility index (Phi) is 2.46. The van der Waals surface area contributed by atoms with E-state index in [4.69, 9.17) is 5.11 Å². The number of hydrogen-bond donors (Lipinski definition) is 2. The molecule has 0 unspecified atom stereocenters. The molecule has 58 valence electrons. The molecule has 0 saturated heterocycles. The molecular formula is C8H14O2. The second-order valence-corrected chi connectivity index (χ2v) is 2.91. The van der Waals surface area contributed by atoms with Gasteiger partial charge in [0.15, 0.2) is 0 Å². The summed E-state index contributed by atoms with van der Waals surface area (Å²) in [5.74, 6) is 0.579.